The molecule has 0 heterocycles. The summed E-state index contributed by atoms with van der Waals surface area (Å²) in [5.74, 6) is -0.593. The van der Waals surface area contributed by atoms with Crippen molar-refractivity contribution in [1.29, 1.82) is 0 Å². The molecule has 0 radical (unpaired) electrons. The molecule has 0 spiro atoms. The Kier molecular flexibility index (Phi) is 6.05. The van der Waals surface area contributed by atoms with Gasteiger partial charge in [-0.2, -0.15) is 13.2 Å². The van der Waals surface area contributed by atoms with Crippen molar-refractivity contribution in [3.63, 3.8) is 0 Å². The summed E-state index contributed by atoms with van der Waals surface area (Å²) in [6.07, 6.45) is -4.49. The van der Waals surface area contributed by atoms with Crippen LogP contribution in [0.2, 0.25) is 5.02 Å². The van der Waals surface area contributed by atoms with Gasteiger partial charge in [-0.1, -0.05) is 72.3 Å². The van der Waals surface area contributed by atoms with Crippen molar-refractivity contribution in [3.8, 4) is 0 Å². The van der Waals surface area contributed by atoms with Gasteiger partial charge in [0.1, 0.15) is 0 Å². The standard InChI is InChI=1S/C22H17ClF3NO/c23-20-12-11-17(13-19(20)22(24,25)26)27-21(28)14-18(15-7-3-1-4-8-15)16-9-5-2-6-10-16/h1-13,18H,14H2,(H,27,28). The van der Waals surface area contributed by atoms with Crippen LogP contribution in [0.5, 0.6) is 0 Å². The van der Waals surface area contributed by atoms with Gasteiger partial charge >= 0.3 is 6.18 Å². The molecule has 1 amide bonds. The molecule has 0 bridgehead atoms. The summed E-state index contributed by atoms with van der Waals surface area (Å²) in [5, 5.41) is 2.15. The molecule has 3 rings (SSSR count). The molecule has 3 aromatic rings. The first-order valence-electron chi connectivity index (χ1n) is 8.61. The van der Waals surface area contributed by atoms with Gasteiger partial charge in [-0.25, -0.2) is 0 Å². The molecule has 6 heteroatoms. The van der Waals surface area contributed by atoms with Gasteiger partial charge in [0.05, 0.1) is 10.6 Å². The Morgan fingerprint density at radius 2 is 1.43 bits per heavy atom. The zero-order chi connectivity index (χ0) is 20.1. The molecule has 28 heavy (non-hydrogen) atoms. The molecule has 144 valence electrons. The van der Waals surface area contributed by atoms with E-state index in [-0.39, 0.29) is 23.9 Å². The monoisotopic (exact) mass is 403 g/mol. The molecule has 1 N–H and O–H groups in total. The van der Waals surface area contributed by atoms with Crippen molar-refractivity contribution in [2.75, 3.05) is 5.32 Å². The Balaban J connectivity index is 1.82. The summed E-state index contributed by atoms with van der Waals surface area (Å²) in [4.78, 5) is 12.6. The topological polar surface area (TPSA) is 29.1 Å². The number of amides is 1. The van der Waals surface area contributed by atoms with Crippen molar-refractivity contribution in [2.24, 2.45) is 0 Å². The molecule has 0 aliphatic carbocycles. The molecule has 0 aliphatic rings. The number of hydrogen-bond acceptors (Lipinski definition) is 1. The lowest BCUT2D eigenvalue weighted by atomic mass is 9.88. The van der Waals surface area contributed by atoms with Gasteiger partial charge in [0.25, 0.3) is 0 Å². The number of nitrogens with one attached hydrogen (secondary N) is 1. The van der Waals surface area contributed by atoms with Crippen LogP contribution < -0.4 is 5.32 Å². The van der Waals surface area contributed by atoms with Crippen LogP contribution in [-0.4, -0.2) is 5.91 Å². The second-order valence-corrected chi connectivity index (χ2v) is 6.73. The number of carbonyl (C=O) groups excluding carboxylic acids is 1. The van der Waals surface area contributed by atoms with E-state index in [9.17, 15) is 18.0 Å². The zero-order valence-corrected chi connectivity index (χ0v) is 15.5. The van der Waals surface area contributed by atoms with Crippen LogP contribution in [0.4, 0.5) is 18.9 Å². The summed E-state index contributed by atoms with van der Waals surface area (Å²) in [7, 11) is 0. The smallest absolute Gasteiger partial charge is 0.326 e. The van der Waals surface area contributed by atoms with E-state index in [2.05, 4.69) is 5.32 Å². The molecular weight excluding hydrogens is 387 g/mol. The first-order valence-corrected chi connectivity index (χ1v) is 8.99. The van der Waals surface area contributed by atoms with Crippen LogP contribution in [0, 0.1) is 0 Å². The van der Waals surface area contributed by atoms with E-state index >= 15 is 0 Å². The van der Waals surface area contributed by atoms with Crippen LogP contribution in [0.3, 0.4) is 0 Å². The molecule has 0 saturated carbocycles. The fourth-order valence-corrected chi connectivity index (χ4v) is 3.24. The average molecular weight is 404 g/mol. The molecular formula is C22H17ClF3NO. The van der Waals surface area contributed by atoms with Crippen LogP contribution >= 0.6 is 11.6 Å². The predicted molar refractivity (Wildman–Crippen MR) is 104 cm³/mol. The van der Waals surface area contributed by atoms with Crippen molar-refractivity contribution in [2.45, 2.75) is 18.5 Å². The van der Waals surface area contributed by atoms with Gasteiger partial charge < -0.3 is 5.32 Å². The lowest BCUT2D eigenvalue weighted by Crippen LogP contribution is -2.17. The molecule has 0 atom stereocenters. The number of hydrogen-bond donors (Lipinski definition) is 1. The van der Waals surface area contributed by atoms with Gasteiger partial charge in [-0.3, -0.25) is 4.79 Å². The van der Waals surface area contributed by atoms with E-state index in [0.717, 1.165) is 23.3 Å². The van der Waals surface area contributed by atoms with Crippen LogP contribution in [0.15, 0.2) is 78.9 Å². The third kappa shape index (κ3) is 4.93. The van der Waals surface area contributed by atoms with Gasteiger partial charge in [0.15, 0.2) is 0 Å². The van der Waals surface area contributed by atoms with Crippen LogP contribution in [0.25, 0.3) is 0 Å². The van der Waals surface area contributed by atoms with Crippen molar-refractivity contribution >= 4 is 23.2 Å². The van der Waals surface area contributed by atoms with E-state index in [1.54, 1.807) is 0 Å². The Labute approximate surface area is 166 Å². The van der Waals surface area contributed by atoms with Gasteiger partial charge in [0, 0.05) is 18.0 Å². The summed E-state index contributed by atoms with van der Waals surface area (Å²) in [6, 6.07) is 22.4. The quantitative estimate of drug-likeness (QED) is 0.516. The molecule has 0 saturated heterocycles. The number of alkyl halides is 3. The number of anilines is 1. The second-order valence-electron chi connectivity index (χ2n) is 6.32. The van der Waals surface area contributed by atoms with E-state index in [1.165, 1.54) is 6.07 Å². The first kappa shape index (κ1) is 20.0. The maximum atomic E-state index is 13.0. The summed E-state index contributed by atoms with van der Waals surface area (Å²) < 4.78 is 39.1. The van der Waals surface area contributed by atoms with Crippen LogP contribution in [0.1, 0.15) is 29.0 Å². The molecule has 3 aromatic carbocycles. The summed E-state index contributed by atoms with van der Waals surface area (Å²) >= 11 is 5.63. The zero-order valence-electron chi connectivity index (χ0n) is 14.7. The molecule has 2 nitrogen and oxygen atoms in total. The minimum atomic E-state index is -4.59. The Morgan fingerprint density at radius 3 is 1.93 bits per heavy atom. The third-order valence-electron chi connectivity index (χ3n) is 4.35. The Bertz CT molecular complexity index is 904. The summed E-state index contributed by atoms with van der Waals surface area (Å²) in [5.41, 5.74) is 0.989. The third-order valence-corrected chi connectivity index (χ3v) is 4.68. The fraction of sp³-hybridized carbons (Fsp3) is 0.136. The highest BCUT2D eigenvalue weighted by Crippen LogP contribution is 2.36. The number of carbonyl (C=O) groups is 1. The lowest BCUT2D eigenvalue weighted by molar-refractivity contribution is -0.137. The maximum Gasteiger partial charge on any atom is 0.417 e. The Morgan fingerprint density at radius 1 is 0.893 bits per heavy atom. The first-order chi connectivity index (χ1) is 13.3. The van der Waals surface area contributed by atoms with Gasteiger partial charge in [0.2, 0.25) is 5.91 Å². The molecule has 0 aliphatic heterocycles. The number of rotatable bonds is 5. The van der Waals surface area contributed by atoms with E-state index in [1.807, 2.05) is 60.7 Å². The number of benzene rings is 3. The van der Waals surface area contributed by atoms with E-state index < -0.39 is 16.8 Å². The summed E-state index contributed by atoms with van der Waals surface area (Å²) in [6.45, 7) is 0. The largest absolute Gasteiger partial charge is 0.417 e. The van der Waals surface area contributed by atoms with E-state index in [0.29, 0.717) is 0 Å². The Hall–Kier alpha value is -2.79. The number of halogens is 4. The van der Waals surface area contributed by atoms with Gasteiger partial charge in [-0.15, -0.1) is 0 Å². The second kappa shape index (κ2) is 8.48. The van der Waals surface area contributed by atoms with Crippen molar-refractivity contribution < 1.29 is 18.0 Å². The highest BCUT2D eigenvalue weighted by molar-refractivity contribution is 6.31. The van der Waals surface area contributed by atoms with Gasteiger partial charge in [-0.05, 0) is 29.3 Å². The normalized spacial score (nSPS) is 11.5. The van der Waals surface area contributed by atoms with Crippen molar-refractivity contribution in [3.05, 3.63) is 101 Å². The molecule has 0 unspecified atom stereocenters. The highest BCUT2D eigenvalue weighted by Gasteiger charge is 2.33. The van der Waals surface area contributed by atoms with E-state index in [4.69, 9.17) is 11.6 Å². The minimum absolute atomic E-state index is 0.0570. The SMILES string of the molecule is O=C(CC(c1ccccc1)c1ccccc1)Nc1ccc(Cl)c(C(F)(F)F)c1. The van der Waals surface area contributed by atoms with Crippen LogP contribution in [-0.2, 0) is 11.0 Å². The highest BCUT2D eigenvalue weighted by atomic mass is 35.5. The fourth-order valence-electron chi connectivity index (χ4n) is 3.02. The predicted octanol–water partition coefficient (Wildman–Crippen LogP) is 6.52. The minimum Gasteiger partial charge on any atom is -0.326 e. The van der Waals surface area contributed by atoms with Crippen molar-refractivity contribution in [1.82, 2.24) is 0 Å². The molecule has 0 fully saturated rings. The molecule has 0 aromatic heterocycles. The average Bonchev–Trinajstić information content (AvgIpc) is 2.68. The maximum absolute atomic E-state index is 13.0. The lowest BCUT2D eigenvalue weighted by Gasteiger charge is -2.18.